The molecular weight excluding hydrogens is 311 g/mol. The summed E-state index contributed by atoms with van der Waals surface area (Å²) in [7, 11) is 0. The first-order chi connectivity index (χ1) is 11.5. The van der Waals surface area contributed by atoms with E-state index in [2.05, 4.69) is 10.6 Å². The van der Waals surface area contributed by atoms with Crippen LogP contribution in [0.4, 0.5) is 14.9 Å². The predicted molar refractivity (Wildman–Crippen MR) is 91.1 cm³/mol. The van der Waals surface area contributed by atoms with E-state index in [4.69, 9.17) is 9.47 Å². The summed E-state index contributed by atoms with van der Waals surface area (Å²) in [6.45, 7) is 4.44. The summed E-state index contributed by atoms with van der Waals surface area (Å²) >= 11 is 0. The fourth-order valence-corrected chi connectivity index (χ4v) is 1.96. The number of hydrogen-bond donors (Lipinski definition) is 2. The zero-order valence-corrected chi connectivity index (χ0v) is 13.7. The number of carbonyl (C=O) groups is 1. The highest BCUT2D eigenvalue weighted by atomic mass is 19.1. The van der Waals surface area contributed by atoms with E-state index in [1.165, 1.54) is 24.3 Å². The molecule has 2 aromatic rings. The fraction of sp³-hybridized carbons (Fsp3) is 0.278. The third-order valence-corrected chi connectivity index (χ3v) is 2.97. The lowest BCUT2D eigenvalue weighted by Gasteiger charge is -2.15. The third kappa shape index (κ3) is 5.79. The number of halogens is 1. The fourth-order valence-electron chi connectivity index (χ4n) is 1.96. The molecule has 2 amide bonds. The minimum atomic E-state index is -0.350. The molecule has 0 aliphatic carbocycles. The van der Waals surface area contributed by atoms with Gasteiger partial charge in [-0.3, -0.25) is 0 Å². The molecule has 5 nitrogen and oxygen atoms in total. The lowest BCUT2D eigenvalue weighted by Crippen LogP contribution is -2.32. The summed E-state index contributed by atoms with van der Waals surface area (Å²) in [4.78, 5) is 11.9. The van der Waals surface area contributed by atoms with E-state index >= 15 is 0 Å². The summed E-state index contributed by atoms with van der Waals surface area (Å²) in [5.74, 6) is 0.849. The number of benzene rings is 2. The number of nitrogens with one attached hydrogen (secondary N) is 2. The van der Waals surface area contributed by atoms with Gasteiger partial charge in [0.1, 0.15) is 23.9 Å². The summed E-state index contributed by atoms with van der Waals surface area (Å²) in [5, 5.41) is 5.43. The van der Waals surface area contributed by atoms with Crippen molar-refractivity contribution in [3.63, 3.8) is 0 Å². The lowest BCUT2D eigenvalue weighted by atomic mass is 10.3. The first-order valence-electron chi connectivity index (χ1n) is 7.73. The largest absolute Gasteiger partial charge is 0.492 e. The molecule has 0 radical (unpaired) electrons. The number of para-hydroxylation sites is 2. The molecule has 2 rings (SSSR count). The molecule has 128 valence electrons. The van der Waals surface area contributed by atoms with Gasteiger partial charge in [0.15, 0.2) is 0 Å². The topological polar surface area (TPSA) is 59.6 Å². The van der Waals surface area contributed by atoms with Crippen molar-refractivity contribution in [2.75, 3.05) is 18.5 Å². The van der Waals surface area contributed by atoms with Gasteiger partial charge in [-0.05, 0) is 50.2 Å². The van der Waals surface area contributed by atoms with Crippen LogP contribution in [-0.4, -0.2) is 25.3 Å². The Labute approximate surface area is 140 Å². The molecule has 0 saturated carbocycles. The van der Waals surface area contributed by atoms with Crippen molar-refractivity contribution in [3.8, 4) is 11.5 Å². The van der Waals surface area contributed by atoms with Crippen molar-refractivity contribution in [2.24, 2.45) is 0 Å². The molecule has 0 heterocycles. The van der Waals surface area contributed by atoms with E-state index in [1.54, 1.807) is 12.1 Å². The Hall–Kier alpha value is -2.76. The van der Waals surface area contributed by atoms with Crippen LogP contribution in [-0.2, 0) is 0 Å². The Kier molecular flexibility index (Phi) is 6.42. The molecule has 0 spiro atoms. The second-order valence-electron chi connectivity index (χ2n) is 5.35. The summed E-state index contributed by atoms with van der Waals surface area (Å²) in [6, 6.07) is 12.6. The molecule has 0 aliphatic rings. The number of ether oxygens (including phenoxy) is 2. The van der Waals surface area contributed by atoms with Crippen molar-refractivity contribution in [2.45, 2.75) is 20.0 Å². The van der Waals surface area contributed by atoms with Crippen LogP contribution in [0.1, 0.15) is 13.8 Å². The highest BCUT2D eigenvalue weighted by Crippen LogP contribution is 2.24. The number of carbonyl (C=O) groups excluding carboxylic acids is 1. The van der Waals surface area contributed by atoms with Crippen LogP contribution >= 0.6 is 0 Å². The number of anilines is 1. The number of amides is 2. The Bertz CT molecular complexity index is 660. The Morgan fingerprint density at radius 3 is 2.54 bits per heavy atom. The number of urea groups is 1. The molecule has 2 aromatic carbocycles. The van der Waals surface area contributed by atoms with Gasteiger partial charge in [0.2, 0.25) is 0 Å². The van der Waals surface area contributed by atoms with E-state index in [1.807, 2.05) is 26.0 Å². The molecule has 0 fully saturated rings. The van der Waals surface area contributed by atoms with Gasteiger partial charge in [0, 0.05) is 0 Å². The SMILES string of the molecule is CC(C)Oc1ccccc1NC(=O)NCCOc1ccc(F)cc1. The van der Waals surface area contributed by atoms with Crippen molar-refractivity contribution >= 4 is 11.7 Å². The van der Waals surface area contributed by atoms with Crippen molar-refractivity contribution in [3.05, 3.63) is 54.3 Å². The maximum atomic E-state index is 12.8. The van der Waals surface area contributed by atoms with Crippen LogP contribution in [0, 0.1) is 5.82 Å². The highest BCUT2D eigenvalue weighted by Gasteiger charge is 2.08. The second-order valence-corrected chi connectivity index (χ2v) is 5.35. The zero-order valence-electron chi connectivity index (χ0n) is 13.7. The van der Waals surface area contributed by atoms with Gasteiger partial charge in [-0.1, -0.05) is 12.1 Å². The predicted octanol–water partition coefficient (Wildman–Crippen LogP) is 3.81. The molecule has 2 N–H and O–H groups in total. The van der Waals surface area contributed by atoms with E-state index in [9.17, 15) is 9.18 Å². The second kappa shape index (κ2) is 8.76. The maximum Gasteiger partial charge on any atom is 0.319 e. The average molecular weight is 332 g/mol. The molecule has 0 bridgehead atoms. The first kappa shape index (κ1) is 17.6. The van der Waals surface area contributed by atoms with E-state index in [0.29, 0.717) is 23.7 Å². The van der Waals surface area contributed by atoms with Gasteiger partial charge in [-0.15, -0.1) is 0 Å². The van der Waals surface area contributed by atoms with Crippen LogP contribution in [0.15, 0.2) is 48.5 Å². The van der Waals surface area contributed by atoms with Crippen molar-refractivity contribution < 1.29 is 18.7 Å². The third-order valence-electron chi connectivity index (χ3n) is 2.97. The number of hydrogen-bond acceptors (Lipinski definition) is 3. The quantitative estimate of drug-likeness (QED) is 0.758. The van der Waals surface area contributed by atoms with Crippen LogP contribution in [0.5, 0.6) is 11.5 Å². The summed E-state index contributed by atoms with van der Waals surface area (Å²) in [5.41, 5.74) is 0.600. The van der Waals surface area contributed by atoms with Gasteiger partial charge in [0.05, 0.1) is 18.3 Å². The van der Waals surface area contributed by atoms with E-state index in [0.717, 1.165) is 0 Å². The van der Waals surface area contributed by atoms with Crippen molar-refractivity contribution in [1.82, 2.24) is 5.32 Å². The Balaban J connectivity index is 1.76. The molecule has 0 saturated heterocycles. The Morgan fingerprint density at radius 1 is 1.12 bits per heavy atom. The van der Waals surface area contributed by atoms with Crippen LogP contribution in [0.2, 0.25) is 0 Å². The molecule has 24 heavy (non-hydrogen) atoms. The van der Waals surface area contributed by atoms with Gasteiger partial charge in [-0.2, -0.15) is 0 Å². The summed E-state index contributed by atoms with van der Waals surface area (Å²) < 4.78 is 23.8. The normalized spacial score (nSPS) is 10.3. The molecular formula is C18H21FN2O3. The molecule has 0 aliphatic heterocycles. The van der Waals surface area contributed by atoms with E-state index in [-0.39, 0.29) is 24.6 Å². The minimum Gasteiger partial charge on any atom is -0.492 e. The van der Waals surface area contributed by atoms with Gasteiger partial charge in [-0.25, -0.2) is 9.18 Å². The Morgan fingerprint density at radius 2 is 1.83 bits per heavy atom. The van der Waals surface area contributed by atoms with E-state index < -0.39 is 0 Å². The lowest BCUT2D eigenvalue weighted by molar-refractivity contribution is 0.240. The van der Waals surface area contributed by atoms with Crippen LogP contribution in [0.25, 0.3) is 0 Å². The standard InChI is InChI=1S/C18H21FN2O3/c1-13(2)24-17-6-4-3-5-16(17)21-18(22)20-11-12-23-15-9-7-14(19)8-10-15/h3-10,13H,11-12H2,1-2H3,(H2,20,21,22). The molecule has 0 atom stereocenters. The van der Waals surface area contributed by atoms with Gasteiger partial charge < -0.3 is 20.1 Å². The molecule has 0 aromatic heterocycles. The molecule has 0 unspecified atom stereocenters. The number of rotatable bonds is 7. The summed E-state index contributed by atoms with van der Waals surface area (Å²) in [6.07, 6.45) is 0.0140. The minimum absolute atomic E-state index is 0.0140. The maximum absolute atomic E-state index is 12.8. The van der Waals surface area contributed by atoms with Gasteiger partial charge in [0.25, 0.3) is 0 Å². The van der Waals surface area contributed by atoms with Crippen LogP contribution < -0.4 is 20.1 Å². The smallest absolute Gasteiger partial charge is 0.319 e. The van der Waals surface area contributed by atoms with Gasteiger partial charge >= 0.3 is 6.03 Å². The van der Waals surface area contributed by atoms with Crippen LogP contribution in [0.3, 0.4) is 0 Å². The zero-order chi connectivity index (χ0) is 17.4. The first-order valence-corrected chi connectivity index (χ1v) is 7.73. The average Bonchev–Trinajstić information content (AvgIpc) is 2.55. The van der Waals surface area contributed by atoms with Crippen molar-refractivity contribution in [1.29, 1.82) is 0 Å². The molecule has 6 heteroatoms. The highest BCUT2D eigenvalue weighted by molar-refractivity contribution is 5.90. The monoisotopic (exact) mass is 332 g/mol.